The van der Waals surface area contributed by atoms with Crippen molar-refractivity contribution in [3.05, 3.63) is 94.3 Å². The number of para-hydroxylation sites is 1. The van der Waals surface area contributed by atoms with Crippen LogP contribution in [0.25, 0.3) is 11.0 Å². The van der Waals surface area contributed by atoms with Gasteiger partial charge in [-0.05, 0) is 54.1 Å². The van der Waals surface area contributed by atoms with Crippen molar-refractivity contribution in [3.8, 4) is 17.2 Å². The lowest BCUT2D eigenvalue weighted by Gasteiger charge is -2.19. The maximum atomic E-state index is 13.4. The lowest BCUT2D eigenvalue weighted by atomic mass is 9.88. The highest BCUT2D eigenvalue weighted by atomic mass is 16.5. The summed E-state index contributed by atoms with van der Waals surface area (Å²) in [6.45, 7) is -0.267. The van der Waals surface area contributed by atoms with Crippen LogP contribution in [0.5, 0.6) is 17.2 Å². The Balaban J connectivity index is 1.54. The summed E-state index contributed by atoms with van der Waals surface area (Å²) in [6.07, 6.45) is -1.05. The first-order valence-corrected chi connectivity index (χ1v) is 11.1. The van der Waals surface area contributed by atoms with Gasteiger partial charge < -0.3 is 29.7 Å². The minimum absolute atomic E-state index is 0.259. The number of fused-ring (bicyclic) bond motifs is 3. The van der Waals surface area contributed by atoms with Crippen LogP contribution in [0.2, 0.25) is 0 Å². The van der Waals surface area contributed by atoms with Gasteiger partial charge in [0, 0.05) is 5.69 Å². The Labute approximate surface area is 205 Å². The Hall–Kier alpha value is -4.79. The second kappa shape index (κ2) is 9.46. The van der Waals surface area contributed by atoms with E-state index in [1.807, 2.05) is 0 Å². The van der Waals surface area contributed by atoms with Crippen LogP contribution in [0, 0.1) is 0 Å². The van der Waals surface area contributed by atoms with Gasteiger partial charge in [0.25, 0.3) is 11.8 Å². The number of ether oxygens (including phenoxy) is 3. The minimum Gasteiger partial charge on any atom is -0.497 e. The van der Waals surface area contributed by atoms with Gasteiger partial charge in [-0.2, -0.15) is 0 Å². The fourth-order valence-electron chi connectivity index (χ4n) is 4.24. The summed E-state index contributed by atoms with van der Waals surface area (Å²) < 4.78 is 22.2. The van der Waals surface area contributed by atoms with Crippen LogP contribution in [0.4, 0.5) is 5.69 Å². The summed E-state index contributed by atoms with van der Waals surface area (Å²) in [5.74, 6) is -0.393. The average Bonchev–Trinajstić information content (AvgIpc) is 3.30. The first kappa shape index (κ1) is 23.0. The van der Waals surface area contributed by atoms with Gasteiger partial charge in [-0.3, -0.25) is 9.59 Å². The molecule has 0 saturated carbocycles. The highest BCUT2D eigenvalue weighted by Crippen LogP contribution is 2.44. The molecular formula is C27H22N2O7. The minimum atomic E-state index is -1.05. The number of anilines is 1. The SMILES string of the molecule is COc1ccc(NC(=O)[C@H]2Oc3c(c(=O)oc4ccccc34)[C@@H]2c2ccc(OCC(N)=O)cc2)cc1. The van der Waals surface area contributed by atoms with E-state index in [0.717, 1.165) is 0 Å². The number of nitrogens with two attached hydrogens (primary N) is 1. The second-order valence-electron chi connectivity index (χ2n) is 8.19. The molecule has 0 fully saturated rings. The van der Waals surface area contributed by atoms with Crippen LogP contribution in [-0.4, -0.2) is 31.6 Å². The van der Waals surface area contributed by atoms with Crippen LogP contribution in [-0.2, 0) is 9.59 Å². The zero-order valence-corrected chi connectivity index (χ0v) is 19.2. The summed E-state index contributed by atoms with van der Waals surface area (Å²) in [4.78, 5) is 37.5. The smallest absolute Gasteiger partial charge is 0.344 e. The molecule has 9 nitrogen and oxygen atoms in total. The van der Waals surface area contributed by atoms with E-state index in [9.17, 15) is 14.4 Å². The van der Waals surface area contributed by atoms with Gasteiger partial charge in [0.2, 0.25) is 0 Å². The van der Waals surface area contributed by atoms with Gasteiger partial charge in [-0.1, -0.05) is 24.3 Å². The zero-order chi connectivity index (χ0) is 25.2. The quantitative estimate of drug-likeness (QED) is 0.384. The number of rotatable bonds is 7. The van der Waals surface area contributed by atoms with Gasteiger partial charge in [0.05, 0.1) is 24.0 Å². The molecule has 0 aliphatic carbocycles. The third kappa shape index (κ3) is 4.34. The number of hydrogen-bond donors (Lipinski definition) is 2. The van der Waals surface area contributed by atoms with Crippen LogP contribution in [0.1, 0.15) is 17.0 Å². The van der Waals surface area contributed by atoms with Crippen LogP contribution in [0.15, 0.2) is 82.0 Å². The molecule has 182 valence electrons. The summed E-state index contributed by atoms with van der Waals surface area (Å²) in [5, 5.41) is 3.45. The first-order chi connectivity index (χ1) is 17.4. The molecule has 3 N–H and O–H groups in total. The normalized spacial score (nSPS) is 16.1. The third-order valence-electron chi connectivity index (χ3n) is 5.89. The summed E-state index contributed by atoms with van der Waals surface area (Å²) in [5.41, 5.74) is 6.37. The van der Waals surface area contributed by atoms with Crippen molar-refractivity contribution < 1.29 is 28.2 Å². The van der Waals surface area contributed by atoms with E-state index in [-0.39, 0.29) is 12.2 Å². The van der Waals surface area contributed by atoms with Gasteiger partial charge in [-0.25, -0.2) is 4.79 Å². The highest BCUT2D eigenvalue weighted by Gasteiger charge is 2.44. The van der Waals surface area contributed by atoms with Crippen molar-refractivity contribution in [2.75, 3.05) is 19.0 Å². The molecule has 2 amide bonds. The third-order valence-corrected chi connectivity index (χ3v) is 5.89. The Morgan fingerprint density at radius 2 is 1.67 bits per heavy atom. The number of benzene rings is 3. The van der Waals surface area contributed by atoms with E-state index in [0.29, 0.717) is 39.5 Å². The molecule has 3 aromatic carbocycles. The largest absolute Gasteiger partial charge is 0.497 e. The molecule has 5 rings (SSSR count). The van der Waals surface area contributed by atoms with Crippen molar-refractivity contribution in [1.29, 1.82) is 0 Å². The van der Waals surface area contributed by atoms with Crippen molar-refractivity contribution in [2.24, 2.45) is 5.73 Å². The zero-order valence-electron chi connectivity index (χ0n) is 19.2. The highest BCUT2D eigenvalue weighted by molar-refractivity contribution is 5.97. The molecule has 36 heavy (non-hydrogen) atoms. The van der Waals surface area contributed by atoms with Crippen molar-refractivity contribution in [2.45, 2.75) is 12.0 Å². The fraction of sp³-hybridized carbons (Fsp3) is 0.148. The number of carbonyl (C=O) groups is 2. The molecule has 1 aliphatic rings. The predicted octanol–water partition coefficient (Wildman–Crippen LogP) is 3.20. The standard InChI is InChI=1S/C27H22N2O7/c1-33-17-12-8-16(9-13-17)29-26(31)25-22(15-6-10-18(11-7-15)34-14-21(28)30)23-24(36-25)19-4-2-3-5-20(19)35-27(23)32/h2-13,22,25H,14H2,1H3,(H2,28,30)(H,29,31)/t22-,25-/m0/s1. The van der Waals surface area contributed by atoms with E-state index in [1.54, 1.807) is 79.9 Å². The van der Waals surface area contributed by atoms with Crippen LogP contribution in [0.3, 0.4) is 0 Å². The molecule has 9 heteroatoms. The molecule has 0 saturated heterocycles. The maximum Gasteiger partial charge on any atom is 0.344 e. The number of methoxy groups -OCH3 is 1. The van der Waals surface area contributed by atoms with Gasteiger partial charge >= 0.3 is 5.63 Å². The van der Waals surface area contributed by atoms with Crippen molar-refractivity contribution >= 4 is 28.5 Å². The lowest BCUT2D eigenvalue weighted by Crippen LogP contribution is -2.35. The summed E-state index contributed by atoms with van der Waals surface area (Å²) in [6, 6.07) is 20.6. The van der Waals surface area contributed by atoms with Crippen LogP contribution >= 0.6 is 0 Å². The second-order valence-corrected chi connectivity index (χ2v) is 8.19. The van der Waals surface area contributed by atoms with E-state index >= 15 is 0 Å². The molecule has 4 aromatic rings. The van der Waals surface area contributed by atoms with Gasteiger partial charge in [-0.15, -0.1) is 0 Å². The molecule has 1 aliphatic heterocycles. The van der Waals surface area contributed by atoms with E-state index < -0.39 is 29.5 Å². The molecule has 2 atom stereocenters. The number of carbonyl (C=O) groups excluding carboxylic acids is 2. The molecule has 1 aromatic heterocycles. The molecule has 2 heterocycles. The van der Waals surface area contributed by atoms with Crippen LogP contribution < -0.4 is 30.9 Å². The van der Waals surface area contributed by atoms with Crippen molar-refractivity contribution in [3.63, 3.8) is 0 Å². The topological polar surface area (TPSA) is 130 Å². The molecule has 0 radical (unpaired) electrons. The molecule has 0 unspecified atom stereocenters. The molecule has 0 bridgehead atoms. The van der Waals surface area contributed by atoms with E-state index in [2.05, 4.69) is 5.32 Å². The maximum absolute atomic E-state index is 13.4. The lowest BCUT2D eigenvalue weighted by molar-refractivity contribution is -0.122. The summed E-state index contributed by atoms with van der Waals surface area (Å²) >= 11 is 0. The van der Waals surface area contributed by atoms with Gasteiger partial charge in [0.1, 0.15) is 22.8 Å². The number of nitrogens with one attached hydrogen (secondary N) is 1. The Bertz CT molecular complexity index is 1490. The monoisotopic (exact) mass is 486 g/mol. The number of primary amides is 1. The first-order valence-electron chi connectivity index (χ1n) is 11.1. The Kier molecular flexibility index (Phi) is 6.03. The Morgan fingerprint density at radius 1 is 0.972 bits per heavy atom. The van der Waals surface area contributed by atoms with E-state index in [1.165, 1.54) is 0 Å². The Morgan fingerprint density at radius 3 is 2.36 bits per heavy atom. The average molecular weight is 486 g/mol. The van der Waals surface area contributed by atoms with Crippen molar-refractivity contribution in [1.82, 2.24) is 0 Å². The molecular weight excluding hydrogens is 464 g/mol. The number of amides is 2. The predicted molar refractivity (Wildman–Crippen MR) is 131 cm³/mol. The van der Waals surface area contributed by atoms with E-state index in [4.69, 9.17) is 24.4 Å². The van der Waals surface area contributed by atoms with Gasteiger partial charge in [0.15, 0.2) is 12.7 Å². The fourth-order valence-corrected chi connectivity index (χ4v) is 4.24. The molecule has 0 spiro atoms. The number of hydrogen-bond acceptors (Lipinski definition) is 7. The summed E-state index contributed by atoms with van der Waals surface area (Å²) in [7, 11) is 1.56.